The van der Waals surface area contributed by atoms with Crippen LogP contribution in [0.3, 0.4) is 0 Å². The molecular weight excluding hydrogens is 244 g/mol. The van der Waals surface area contributed by atoms with E-state index in [2.05, 4.69) is 5.32 Å². The number of nitrogens with two attached hydrogens (primary N) is 1. The van der Waals surface area contributed by atoms with Crippen molar-refractivity contribution >= 4 is 17.5 Å². The fraction of sp³-hybridized carbons (Fsp3) is 0.538. The Morgan fingerprint density at radius 1 is 1.47 bits per heavy atom. The summed E-state index contributed by atoms with van der Waals surface area (Å²) in [5.74, 6) is -0.0963. The van der Waals surface area contributed by atoms with Gasteiger partial charge in [0.25, 0.3) is 5.91 Å². The number of anilines is 1. The monoisotopic (exact) mass is 264 g/mol. The second-order valence-electron chi connectivity index (χ2n) is 5.39. The predicted molar refractivity (Wildman–Crippen MR) is 72.5 cm³/mol. The third-order valence-electron chi connectivity index (χ3n) is 3.78. The van der Waals surface area contributed by atoms with E-state index in [9.17, 15) is 9.59 Å². The van der Waals surface area contributed by atoms with Crippen LogP contribution in [0.15, 0.2) is 12.3 Å². The molecule has 0 radical (unpaired) electrons. The van der Waals surface area contributed by atoms with E-state index < -0.39 is 5.41 Å². The van der Waals surface area contributed by atoms with Gasteiger partial charge in [0, 0.05) is 33.4 Å². The van der Waals surface area contributed by atoms with Gasteiger partial charge in [0.05, 0.1) is 11.1 Å². The SMILES string of the molecule is CNC(=O)C1(C)CCN(C(=O)c2cc(N)cn2C)C1. The quantitative estimate of drug-likeness (QED) is 0.801. The number of hydrogen-bond acceptors (Lipinski definition) is 3. The van der Waals surface area contributed by atoms with Crippen LogP contribution in [0.5, 0.6) is 0 Å². The Balaban J connectivity index is 2.15. The van der Waals surface area contributed by atoms with Gasteiger partial charge in [-0.25, -0.2) is 0 Å². The van der Waals surface area contributed by atoms with Crippen molar-refractivity contribution in [2.75, 3.05) is 25.9 Å². The summed E-state index contributed by atoms with van der Waals surface area (Å²) in [7, 11) is 3.41. The van der Waals surface area contributed by atoms with E-state index in [1.165, 1.54) is 0 Å². The van der Waals surface area contributed by atoms with Gasteiger partial charge in [-0.3, -0.25) is 9.59 Å². The first-order valence-corrected chi connectivity index (χ1v) is 6.31. The summed E-state index contributed by atoms with van der Waals surface area (Å²) in [4.78, 5) is 25.9. The molecule has 19 heavy (non-hydrogen) atoms. The molecule has 0 aliphatic carbocycles. The van der Waals surface area contributed by atoms with E-state index in [0.29, 0.717) is 30.9 Å². The first kappa shape index (κ1) is 13.5. The maximum atomic E-state index is 12.4. The molecule has 1 fully saturated rings. The minimum atomic E-state index is -0.499. The summed E-state index contributed by atoms with van der Waals surface area (Å²) in [5, 5.41) is 2.66. The molecule has 1 aliphatic rings. The number of aryl methyl sites for hydroxylation is 1. The Labute approximate surface area is 112 Å². The lowest BCUT2D eigenvalue weighted by Crippen LogP contribution is -2.40. The Hall–Kier alpha value is -1.98. The maximum Gasteiger partial charge on any atom is 0.270 e. The molecule has 3 N–H and O–H groups in total. The van der Waals surface area contributed by atoms with Crippen LogP contribution >= 0.6 is 0 Å². The number of aromatic nitrogens is 1. The van der Waals surface area contributed by atoms with Crippen molar-refractivity contribution in [2.24, 2.45) is 12.5 Å². The molecule has 1 aliphatic heterocycles. The van der Waals surface area contributed by atoms with Crippen LogP contribution in [-0.4, -0.2) is 41.4 Å². The van der Waals surface area contributed by atoms with Gasteiger partial charge >= 0.3 is 0 Å². The fourth-order valence-electron chi connectivity index (χ4n) is 2.59. The summed E-state index contributed by atoms with van der Waals surface area (Å²) in [6.45, 7) is 2.92. The van der Waals surface area contributed by atoms with Crippen LogP contribution in [0.2, 0.25) is 0 Å². The summed E-state index contributed by atoms with van der Waals surface area (Å²) >= 11 is 0. The van der Waals surface area contributed by atoms with Gasteiger partial charge < -0.3 is 20.5 Å². The highest BCUT2D eigenvalue weighted by atomic mass is 16.2. The number of carbonyl (C=O) groups is 2. The topological polar surface area (TPSA) is 80.4 Å². The first-order chi connectivity index (χ1) is 8.87. The summed E-state index contributed by atoms with van der Waals surface area (Å²) in [5.41, 5.74) is 6.31. The molecule has 2 heterocycles. The summed E-state index contributed by atoms with van der Waals surface area (Å²) < 4.78 is 1.72. The Bertz CT molecular complexity index is 523. The summed E-state index contributed by atoms with van der Waals surface area (Å²) in [6.07, 6.45) is 2.39. The molecule has 0 bridgehead atoms. The van der Waals surface area contributed by atoms with Crippen molar-refractivity contribution < 1.29 is 9.59 Å². The Kier molecular flexibility index (Phi) is 3.26. The van der Waals surface area contributed by atoms with E-state index in [0.717, 1.165) is 0 Å². The lowest BCUT2D eigenvalue weighted by molar-refractivity contribution is -0.128. The number of nitrogens with one attached hydrogen (secondary N) is 1. The molecular formula is C13H20N4O2. The fourth-order valence-corrected chi connectivity index (χ4v) is 2.59. The third-order valence-corrected chi connectivity index (χ3v) is 3.78. The molecule has 1 saturated heterocycles. The van der Waals surface area contributed by atoms with Crippen molar-refractivity contribution in [1.29, 1.82) is 0 Å². The number of amides is 2. The van der Waals surface area contributed by atoms with Crippen molar-refractivity contribution in [3.63, 3.8) is 0 Å². The predicted octanol–water partition coefficient (Wildman–Crippen LogP) is 0.206. The number of carbonyl (C=O) groups excluding carboxylic acids is 2. The van der Waals surface area contributed by atoms with Crippen LogP contribution in [0.1, 0.15) is 23.8 Å². The minimum absolute atomic E-state index is 0.0193. The van der Waals surface area contributed by atoms with E-state index in [-0.39, 0.29) is 11.8 Å². The molecule has 2 amide bonds. The van der Waals surface area contributed by atoms with E-state index in [1.54, 1.807) is 35.8 Å². The zero-order chi connectivity index (χ0) is 14.2. The standard InChI is InChI=1S/C13H20N4O2/c1-13(12(19)15-2)4-5-17(8-13)11(18)10-6-9(14)7-16(10)3/h6-7H,4-5,8,14H2,1-3H3,(H,15,19). The van der Waals surface area contributed by atoms with Gasteiger partial charge in [-0.05, 0) is 19.4 Å². The second-order valence-corrected chi connectivity index (χ2v) is 5.39. The van der Waals surface area contributed by atoms with Gasteiger partial charge in [-0.15, -0.1) is 0 Å². The van der Waals surface area contributed by atoms with Crippen LogP contribution in [0, 0.1) is 5.41 Å². The van der Waals surface area contributed by atoms with Crippen molar-refractivity contribution in [2.45, 2.75) is 13.3 Å². The van der Waals surface area contributed by atoms with Crippen molar-refractivity contribution in [1.82, 2.24) is 14.8 Å². The molecule has 0 spiro atoms. The second kappa shape index (κ2) is 4.60. The van der Waals surface area contributed by atoms with E-state index in [4.69, 9.17) is 5.73 Å². The highest BCUT2D eigenvalue weighted by molar-refractivity contribution is 5.95. The van der Waals surface area contributed by atoms with E-state index in [1.807, 2.05) is 6.92 Å². The molecule has 104 valence electrons. The molecule has 2 rings (SSSR count). The molecule has 6 nitrogen and oxygen atoms in total. The number of hydrogen-bond donors (Lipinski definition) is 2. The minimum Gasteiger partial charge on any atom is -0.397 e. The van der Waals surface area contributed by atoms with Crippen LogP contribution < -0.4 is 11.1 Å². The highest BCUT2D eigenvalue weighted by Gasteiger charge is 2.41. The van der Waals surface area contributed by atoms with E-state index >= 15 is 0 Å². The van der Waals surface area contributed by atoms with Crippen LogP contribution in [0.4, 0.5) is 5.69 Å². The van der Waals surface area contributed by atoms with Crippen molar-refractivity contribution in [3.05, 3.63) is 18.0 Å². The first-order valence-electron chi connectivity index (χ1n) is 6.31. The van der Waals surface area contributed by atoms with Crippen LogP contribution in [-0.2, 0) is 11.8 Å². The van der Waals surface area contributed by atoms with Crippen LogP contribution in [0.25, 0.3) is 0 Å². The lowest BCUT2D eigenvalue weighted by atomic mass is 9.89. The molecule has 1 aromatic rings. The molecule has 6 heteroatoms. The van der Waals surface area contributed by atoms with Gasteiger partial charge in [0.1, 0.15) is 5.69 Å². The molecule has 1 aromatic heterocycles. The zero-order valence-electron chi connectivity index (χ0n) is 11.6. The lowest BCUT2D eigenvalue weighted by Gasteiger charge is -2.22. The highest BCUT2D eigenvalue weighted by Crippen LogP contribution is 2.31. The summed E-state index contributed by atoms with van der Waals surface area (Å²) in [6, 6.07) is 1.66. The van der Waals surface area contributed by atoms with Gasteiger partial charge in [-0.2, -0.15) is 0 Å². The zero-order valence-corrected chi connectivity index (χ0v) is 11.6. The Morgan fingerprint density at radius 2 is 2.16 bits per heavy atom. The average molecular weight is 264 g/mol. The number of nitrogen functional groups attached to an aromatic ring is 1. The third kappa shape index (κ3) is 2.30. The van der Waals surface area contributed by atoms with Gasteiger partial charge in [-0.1, -0.05) is 0 Å². The molecule has 1 atom stereocenters. The number of nitrogens with zero attached hydrogens (tertiary/aromatic N) is 2. The van der Waals surface area contributed by atoms with Crippen molar-refractivity contribution in [3.8, 4) is 0 Å². The smallest absolute Gasteiger partial charge is 0.270 e. The average Bonchev–Trinajstić information content (AvgIpc) is 2.92. The largest absolute Gasteiger partial charge is 0.397 e. The normalized spacial score (nSPS) is 22.6. The number of rotatable bonds is 2. The molecule has 0 saturated carbocycles. The maximum absolute atomic E-state index is 12.4. The number of likely N-dealkylation sites (tertiary alicyclic amines) is 1. The van der Waals surface area contributed by atoms with Gasteiger partial charge in [0.15, 0.2) is 0 Å². The molecule has 0 aromatic carbocycles. The molecule has 1 unspecified atom stereocenters. The van der Waals surface area contributed by atoms with Gasteiger partial charge in [0.2, 0.25) is 5.91 Å². The Morgan fingerprint density at radius 3 is 2.68 bits per heavy atom.